The summed E-state index contributed by atoms with van der Waals surface area (Å²) in [5, 5.41) is 8.90. The number of anilines is 1. The van der Waals surface area contributed by atoms with Gasteiger partial charge in [-0.05, 0) is 23.5 Å². The van der Waals surface area contributed by atoms with Crippen LogP contribution in [-0.4, -0.2) is 16.9 Å². The third kappa shape index (κ3) is 3.14. The number of nitrogens with zero attached hydrogens (tertiary/aromatic N) is 1. The van der Waals surface area contributed by atoms with E-state index in [1.54, 1.807) is 0 Å². The predicted octanol–water partition coefficient (Wildman–Crippen LogP) is 2.92. The molecule has 1 aliphatic heterocycles. The molecule has 1 aliphatic rings. The highest BCUT2D eigenvalue weighted by Crippen LogP contribution is 2.22. The summed E-state index contributed by atoms with van der Waals surface area (Å²) in [6.45, 7) is 4.93. The van der Waals surface area contributed by atoms with Gasteiger partial charge in [-0.3, -0.25) is 4.79 Å². The summed E-state index contributed by atoms with van der Waals surface area (Å²) in [4.78, 5) is 16.8. The lowest BCUT2D eigenvalue weighted by molar-refractivity contribution is -0.118. The molecule has 5 heteroatoms. The van der Waals surface area contributed by atoms with Crippen molar-refractivity contribution in [3.8, 4) is 0 Å². The van der Waals surface area contributed by atoms with E-state index in [-0.39, 0.29) is 11.9 Å². The van der Waals surface area contributed by atoms with Gasteiger partial charge in [-0.15, -0.1) is 11.3 Å². The van der Waals surface area contributed by atoms with Crippen LogP contribution in [0.2, 0.25) is 0 Å². The lowest BCUT2D eigenvalue weighted by Crippen LogP contribution is -2.44. The predicted molar refractivity (Wildman–Crippen MR) is 85.6 cm³/mol. The summed E-state index contributed by atoms with van der Waals surface area (Å²) < 4.78 is 0. The monoisotopic (exact) mass is 301 g/mol. The number of benzene rings is 1. The Hall–Kier alpha value is -1.72. The molecule has 1 aromatic carbocycles. The Labute approximate surface area is 128 Å². The molecule has 0 fully saturated rings. The van der Waals surface area contributed by atoms with Gasteiger partial charge in [-0.1, -0.05) is 38.1 Å². The van der Waals surface area contributed by atoms with Crippen LogP contribution in [0.15, 0.2) is 29.6 Å². The van der Waals surface area contributed by atoms with Gasteiger partial charge in [0, 0.05) is 11.9 Å². The zero-order valence-corrected chi connectivity index (χ0v) is 13.0. The van der Waals surface area contributed by atoms with Crippen LogP contribution in [0.5, 0.6) is 0 Å². The highest BCUT2D eigenvalue weighted by Gasteiger charge is 2.24. The molecule has 2 N–H and O–H groups in total. The molecular formula is C16H19N3OS. The van der Waals surface area contributed by atoms with E-state index >= 15 is 0 Å². The van der Waals surface area contributed by atoms with Crippen molar-refractivity contribution >= 4 is 22.4 Å². The molecule has 0 radical (unpaired) electrons. The fourth-order valence-electron chi connectivity index (χ4n) is 2.44. The smallest absolute Gasteiger partial charge is 0.243 e. The van der Waals surface area contributed by atoms with Crippen molar-refractivity contribution in [1.82, 2.24) is 10.3 Å². The second-order valence-electron chi connectivity index (χ2n) is 5.63. The summed E-state index contributed by atoms with van der Waals surface area (Å²) in [7, 11) is 0. The van der Waals surface area contributed by atoms with Gasteiger partial charge in [0.05, 0.1) is 11.7 Å². The second kappa shape index (κ2) is 5.95. The minimum Gasteiger partial charge on any atom is -0.301 e. The lowest BCUT2D eigenvalue weighted by atomic mass is 9.95. The standard InChI is InChI=1S/C16H19N3OS/c1-10(2)14-9-21-16(18-14)19-15(20)13-7-11-5-3-4-6-12(11)8-17-13/h3-6,9-10,13,17H,7-8H2,1-2H3,(H,18,19,20). The molecule has 1 amide bonds. The van der Waals surface area contributed by atoms with Crippen LogP contribution in [0, 0.1) is 0 Å². The van der Waals surface area contributed by atoms with Crippen molar-refractivity contribution in [2.45, 2.75) is 38.8 Å². The van der Waals surface area contributed by atoms with Crippen molar-refractivity contribution in [2.24, 2.45) is 0 Å². The fourth-order valence-corrected chi connectivity index (χ4v) is 3.32. The lowest BCUT2D eigenvalue weighted by Gasteiger charge is -2.24. The maximum Gasteiger partial charge on any atom is 0.243 e. The Kier molecular flexibility index (Phi) is 4.03. The molecule has 0 aliphatic carbocycles. The van der Waals surface area contributed by atoms with Crippen LogP contribution in [0.1, 0.15) is 36.6 Å². The van der Waals surface area contributed by atoms with E-state index in [1.165, 1.54) is 22.5 Å². The quantitative estimate of drug-likeness (QED) is 0.916. The van der Waals surface area contributed by atoms with E-state index in [0.29, 0.717) is 11.0 Å². The van der Waals surface area contributed by atoms with Gasteiger partial charge in [-0.25, -0.2) is 4.98 Å². The van der Waals surface area contributed by atoms with Crippen LogP contribution < -0.4 is 10.6 Å². The van der Waals surface area contributed by atoms with Gasteiger partial charge < -0.3 is 10.6 Å². The summed E-state index contributed by atoms with van der Waals surface area (Å²) >= 11 is 1.48. The van der Waals surface area contributed by atoms with E-state index in [1.807, 2.05) is 17.5 Å². The number of amides is 1. The van der Waals surface area contributed by atoms with E-state index in [9.17, 15) is 4.79 Å². The largest absolute Gasteiger partial charge is 0.301 e. The number of thiazole rings is 1. The summed E-state index contributed by atoms with van der Waals surface area (Å²) in [6.07, 6.45) is 0.727. The second-order valence-corrected chi connectivity index (χ2v) is 6.49. The third-order valence-corrected chi connectivity index (χ3v) is 4.52. The summed E-state index contributed by atoms with van der Waals surface area (Å²) in [5.41, 5.74) is 3.55. The van der Waals surface area contributed by atoms with Crippen LogP contribution in [0.3, 0.4) is 0 Å². The molecule has 1 atom stereocenters. The number of carbonyl (C=O) groups excluding carboxylic acids is 1. The average Bonchev–Trinajstić information content (AvgIpc) is 2.95. The Balaban J connectivity index is 1.66. The first-order valence-electron chi connectivity index (χ1n) is 7.20. The highest BCUT2D eigenvalue weighted by molar-refractivity contribution is 7.13. The van der Waals surface area contributed by atoms with Crippen molar-refractivity contribution in [1.29, 1.82) is 0 Å². The van der Waals surface area contributed by atoms with E-state index in [4.69, 9.17) is 0 Å². The first kappa shape index (κ1) is 14.2. The van der Waals surface area contributed by atoms with E-state index < -0.39 is 0 Å². The van der Waals surface area contributed by atoms with Gasteiger partial charge in [0.25, 0.3) is 0 Å². The molecule has 1 aromatic heterocycles. The van der Waals surface area contributed by atoms with Crippen molar-refractivity contribution in [3.05, 3.63) is 46.5 Å². The minimum absolute atomic E-state index is 0.00541. The molecule has 2 aromatic rings. The van der Waals surface area contributed by atoms with Gasteiger partial charge >= 0.3 is 0 Å². The fraction of sp³-hybridized carbons (Fsp3) is 0.375. The van der Waals surface area contributed by atoms with Gasteiger partial charge in [0.1, 0.15) is 0 Å². The Morgan fingerprint density at radius 3 is 2.86 bits per heavy atom. The Morgan fingerprint density at radius 1 is 1.38 bits per heavy atom. The Bertz CT molecular complexity index is 650. The molecule has 1 unspecified atom stereocenters. The SMILES string of the molecule is CC(C)c1csc(NC(=O)C2Cc3ccccc3CN2)n1. The molecule has 0 spiro atoms. The maximum absolute atomic E-state index is 12.3. The number of rotatable bonds is 3. The van der Waals surface area contributed by atoms with E-state index in [0.717, 1.165) is 18.7 Å². The molecule has 0 saturated carbocycles. The Morgan fingerprint density at radius 2 is 2.14 bits per heavy atom. The van der Waals surface area contributed by atoms with Crippen molar-refractivity contribution in [2.75, 3.05) is 5.32 Å². The van der Waals surface area contributed by atoms with Crippen LogP contribution in [0.4, 0.5) is 5.13 Å². The molecule has 0 bridgehead atoms. The first-order valence-corrected chi connectivity index (χ1v) is 8.08. The molecule has 0 saturated heterocycles. The number of nitrogens with one attached hydrogen (secondary N) is 2. The highest BCUT2D eigenvalue weighted by atomic mass is 32.1. The molecule has 2 heterocycles. The summed E-state index contributed by atoms with van der Waals surface area (Å²) in [6, 6.07) is 8.06. The van der Waals surface area contributed by atoms with Crippen LogP contribution in [-0.2, 0) is 17.8 Å². The molecule has 4 nitrogen and oxygen atoms in total. The zero-order valence-electron chi connectivity index (χ0n) is 12.2. The number of hydrogen-bond acceptors (Lipinski definition) is 4. The van der Waals surface area contributed by atoms with Crippen molar-refractivity contribution in [3.63, 3.8) is 0 Å². The van der Waals surface area contributed by atoms with Gasteiger partial charge in [0.15, 0.2) is 5.13 Å². The van der Waals surface area contributed by atoms with Crippen LogP contribution >= 0.6 is 11.3 Å². The molecule has 21 heavy (non-hydrogen) atoms. The number of carbonyl (C=O) groups is 1. The normalized spacial score (nSPS) is 17.6. The zero-order chi connectivity index (χ0) is 14.8. The molecular weight excluding hydrogens is 282 g/mol. The summed E-state index contributed by atoms with van der Waals surface area (Å²) in [5.74, 6) is 0.376. The number of aromatic nitrogens is 1. The molecule has 3 rings (SSSR count). The van der Waals surface area contributed by atoms with E-state index in [2.05, 4.69) is 41.6 Å². The van der Waals surface area contributed by atoms with Crippen LogP contribution in [0.25, 0.3) is 0 Å². The average molecular weight is 301 g/mol. The first-order chi connectivity index (χ1) is 10.1. The third-order valence-electron chi connectivity index (χ3n) is 3.74. The van der Waals surface area contributed by atoms with Gasteiger partial charge in [-0.2, -0.15) is 0 Å². The molecule has 110 valence electrons. The number of fused-ring (bicyclic) bond motifs is 1. The minimum atomic E-state index is -0.189. The maximum atomic E-state index is 12.3. The number of hydrogen-bond donors (Lipinski definition) is 2. The van der Waals surface area contributed by atoms with Crippen molar-refractivity contribution < 1.29 is 4.79 Å². The van der Waals surface area contributed by atoms with Gasteiger partial charge in [0.2, 0.25) is 5.91 Å². The topological polar surface area (TPSA) is 54.0 Å².